The number of nitrogens with zero attached hydrogens (tertiary/aromatic N) is 2. The van der Waals surface area contributed by atoms with Gasteiger partial charge in [0.05, 0.1) is 0 Å². The van der Waals surface area contributed by atoms with Gasteiger partial charge in [0, 0.05) is 32.4 Å². The van der Waals surface area contributed by atoms with Gasteiger partial charge in [-0.1, -0.05) is 35.9 Å². The molecule has 1 fully saturated rings. The average Bonchev–Trinajstić information content (AvgIpc) is 3.32. The summed E-state index contributed by atoms with van der Waals surface area (Å²) in [4.78, 5) is 6.76. The molecule has 0 bridgehead atoms. The number of aromatic nitrogens is 1. The van der Waals surface area contributed by atoms with Crippen molar-refractivity contribution in [3.8, 4) is 0 Å². The zero-order valence-electron chi connectivity index (χ0n) is 12.8. The van der Waals surface area contributed by atoms with E-state index in [9.17, 15) is 0 Å². The monoisotopic (exact) mass is 281 g/mol. The van der Waals surface area contributed by atoms with Crippen molar-refractivity contribution >= 4 is 5.82 Å². The van der Waals surface area contributed by atoms with Gasteiger partial charge >= 0.3 is 0 Å². The highest BCUT2D eigenvalue weighted by atomic mass is 15.2. The summed E-state index contributed by atoms with van der Waals surface area (Å²) in [5, 5.41) is 3.51. The number of anilines is 1. The van der Waals surface area contributed by atoms with E-state index >= 15 is 0 Å². The van der Waals surface area contributed by atoms with E-state index in [0.717, 1.165) is 24.9 Å². The van der Waals surface area contributed by atoms with Gasteiger partial charge < -0.3 is 10.2 Å². The van der Waals surface area contributed by atoms with Gasteiger partial charge in [0.25, 0.3) is 0 Å². The van der Waals surface area contributed by atoms with Gasteiger partial charge in [-0.15, -0.1) is 0 Å². The molecule has 2 aromatic rings. The van der Waals surface area contributed by atoms with E-state index in [4.69, 9.17) is 0 Å². The summed E-state index contributed by atoms with van der Waals surface area (Å²) in [6.45, 7) is 3.93. The Morgan fingerprint density at radius 1 is 1.10 bits per heavy atom. The summed E-state index contributed by atoms with van der Waals surface area (Å²) in [6.07, 6.45) is 4.63. The third-order valence-electron chi connectivity index (χ3n) is 3.91. The zero-order chi connectivity index (χ0) is 14.7. The Balaban J connectivity index is 1.58. The van der Waals surface area contributed by atoms with Crippen LogP contribution in [0, 0.1) is 6.92 Å². The van der Waals surface area contributed by atoms with Crippen LogP contribution in [0.2, 0.25) is 0 Å². The van der Waals surface area contributed by atoms with E-state index in [1.165, 1.54) is 29.5 Å². The number of nitrogens with one attached hydrogen (secondary N) is 1. The first-order chi connectivity index (χ1) is 10.2. The van der Waals surface area contributed by atoms with Gasteiger partial charge in [-0.05, 0) is 37.0 Å². The minimum atomic E-state index is 0.744. The maximum atomic E-state index is 4.58. The summed E-state index contributed by atoms with van der Waals surface area (Å²) in [7, 11) is 2.09. The van der Waals surface area contributed by atoms with Crippen LogP contribution >= 0.6 is 0 Å². The van der Waals surface area contributed by atoms with Gasteiger partial charge in [0.1, 0.15) is 5.82 Å². The summed E-state index contributed by atoms with van der Waals surface area (Å²) in [5.74, 6) is 1.02. The molecule has 0 saturated heterocycles. The van der Waals surface area contributed by atoms with Crippen molar-refractivity contribution in [1.29, 1.82) is 0 Å². The lowest BCUT2D eigenvalue weighted by Crippen LogP contribution is -2.18. The van der Waals surface area contributed by atoms with E-state index < -0.39 is 0 Å². The highest BCUT2D eigenvalue weighted by Gasteiger charge is 2.19. The molecule has 1 aliphatic rings. The number of rotatable bonds is 6. The number of aryl methyl sites for hydroxylation is 1. The fourth-order valence-corrected chi connectivity index (χ4v) is 2.35. The molecule has 0 aliphatic heterocycles. The molecular formula is C18H23N3. The van der Waals surface area contributed by atoms with E-state index in [1.54, 1.807) is 0 Å². The summed E-state index contributed by atoms with van der Waals surface area (Å²) in [6, 6.07) is 13.7. The Morgan fingerprint density at radius 3 is 2.43 bits per heavy atom. The van der Waals surface area contributed by atoms with Crippen molar-refractivity contribution in [3.63, 3.8) is 0 Å². The van der Waals surface area contributed by atoms with Gasteiger partial charge in [-0.3, -0.25) is 0 Å². The first-order valence-electron chi connectivity index (χ1n) is 7.66. The van der Waals surface area contributed by atoms with Gasteiger partial charge in [-0.25, -0.2) is 4.98 Å². The molecule has 3 nitrogen and oxygen atoms in total. The third-order valence-corrected chi connectivity index (χ3v) is 3.91. The van der Waals surface area contributed by atoms with Crippen molar-refractivity contribution in [1.82, 2.24) is 10.3 Å². The highest BCUT2D eigenvalue weighted by Crippen LogP contribution is 2.19. The Hall–Kier alpha value is -1.87. The van der Waals surface area contributed by atoms with Crippen LogP contribution in [-0.2, 0) is 13.1 Å². The molecular weight excluding hydrogens is 258 g/mol. The van der Waals surface area contributed by atoms with Gasteiger partial charge in [-0.2, -0.15) is 0 Å². The Labute approximate surface area is 127 Å². The molecule has 1 aliphatic carbocycles. The number of pyridine rings is 1. The molecule has 3 heteroatoms. The maximum Gasteiger partial charge on any atom is 0.128 e. The molecule has 21 heavy (non-hydrogen) atoms. The smallest absolute Gasteiger partial charge is 0.128 e. The quantitative estimate of drug-likeness (QED) is 0.880. The van der Waals surface area contributed by atoms with Crippen molar-refractivity contribution in [2.24, 2.45) is 0 Å². The standard InChI is InChI=1S/C18H23N3/c1-14-3-5-15(6-4-14)13-21(2)18-10-7-16(12-20-18)11-19-17-8-9-17/h3-7,10,12,17,19H,8-9,11,13H2,1-2H3. The number of hydrogen-bond acceptors (Lipinski definition) is 3. The van der Waals surface area contributed by atoms with Crippen molar-refractivity contribution in [2.75, 3.05) is 11.9 Å². The SMILES string of the molecule is Cc1ccc(CN(C)c2ccc(CNC3CC3)cn2)cc1. The molecule has 1 heterocycles. The van der Waals surface area contributed by atoms with Gasteiger partial charge in [0.2, 0.25) is 0 Å². The fraction of sp³-hybridized carbons (Fsp3) is 0.389. The molecule has 1 aromatic carbocycles. The zero-order valence-corrected chi connectivity index (χ0v) is 12.8. The van der Waals surface area contributed by atoms with Crippen molar-refractivity contribution in [2.45, 2.75) is 38.9 Å². The van der Waals surface area contributed by atoms with Crippen molar-refractivity contribution in [3.05, 3.63) is 59.3 Å². The Bertz CT molecular complexity index is 570. The number of hydrogen-bond donors (Lipinski definition) is 1. The van der Waals surface area contributed by atoms with E-state index in [-0.39, 0.29) is 0 Å². The molecule has 1 aromatic heterocycles. The van der Waals surface area contributed by atoms with Gasteiger partial charge in [0.15, 0.2) is 0 Å². The topological polar surface area (TPSA) is 28.2 Å². The second-order valence-electron chi connectivity index (χ2n) is 6.02. The number of benzene rings is 1. The van der Waals surface area contributed by atoms with E-state index in [2.05, 4.69) is 65.6 Å². The third kappa shape index (κ3) is 4.05. The molecule has 1 N–H and O–H groups in total. The summed E-state index contributed by atoms with van der Waals surface area (Å²) >= 11 is 0. The predicted octanol–water partition coefficient (Wildman–Crippen LogP) is 3.28. The van der Waals surface area contributed by atoms with E-state index in [1.807, 2.05) is 6.20 Å². The molecule has 0 atom stereocenters. The van der Waals surface area contributed by atoms with Crippen LogP contribution in [0.4, 0.5) is 5.82 Å². The Kier molecular flexibility index (Phi) is 4.20. The van der Waals surface area contributed by atoms with Crippen LogP contribution in [0.5, 0.6) is 0 Å². The lowest BCUT2D eigenvalue weighted by Gasteiger charge is -2.18. The molecule has 3 rings (SSSR count). The minimum Gasteiger partial charge on any atom is -0.355 e. The maximum absolute atomic E-state index is 4.58. The van der Waals surface area contributed by atoms with Crippen LogP contribution in [0.25, 0.3) is 0 Å². The molecule has 0 amide bonds. The minimum absolute atomic E-state index is 0.744. The summed E-state index contributed by atoms with van der Waals surface area (Å²) < 4.78 is 0. The lowest BCUT2D eigenvalue weighted by molar-refractivity contribution is 0.685. The molecule has 1 saturated carbocycles. The second kappa shape index (κ2) is 6.27. The van der Waals surface area contributed by atoms with Crippen LogP contribution in [0.1, 0.15) is 29.5 Å². The predicted molar refractivity (Wildman–Crippen MR) is 87.4 cm³/mol. The molecule has 110 valence electrons. The lowest BCUT2D eigenvalue weighted by atomic mass is 10.1. The largest absolute Gasteiger partial charge is 0.355 e. The molecule has 0 radical (unpaired) electrons. The van der Waals surface area contributed by atoms with Crippen molar-refractivity contribution < 1.29 is 0 Å². The fourth-order valence-electron chi connectivity index (χ4n) is 2.35. The first kappa shape index (κ1) is 14.1. The molecule has 0 unspecified atom stereocenters. The van der Waals surface area contributed by atoms with Crippen LogP contribution < -0.4 is 10.2 Å². The highest BCUT2D eigenvalue weighted by molar-refractivity contribution is 5.39. The van der Waals surface area contributed by atoms with Crippen LogP contribution in [-0.4, -0.2) is 18.1 Å². The average molecular weight is 281 g/mol. The van der Waals surface area contributed by atoms with Crippen LogP contribution in [0.15, 0.2) is 42.6 Å². The first-order valence-corrected chi connectivity index (χ1v) is 7.66. The van der Waals surface area contributed by atoms with Crippen LogP contribution in [0.3, 0.4) is 0 Å². The second-order valence-corrected chi connectivity index (χ2v) is 6.02. The van der Waals surface area contributed by atoms with E-state index in [0.29, 0.717) is 0 Å². The molecule has 0 spiro atoms. The summed E-state index contributed by atoms with van der Waals surface area (Å²) in [5.41, 5.74) is 3.87. The normalized spacial score (nSPS) is 14.2. The Morgan fingerprint density at radius 2 is 1.81 bits per heavy atom.